The third-order valence-electron chi connectivity index (χ3n) is 1.68. The molecule has 0 radical (unpaired) electrons. The van der Waals surface area contributed by atoms with Crippen molar-refractivity contribution in [2.75, 3.05) is 6.61 Å². The standard InChI is InChI=1S/C11H13NO3/c1-2-15-11(14)7-3-5-9-10(13)6-4-8-12-9/h3-6,8,13H,2,7H2,1H3. The number of nitrogens with zero attached hydrogens (tertiary/aromatic N) is 1. The number of carbonyl (C=O) groups is 1. The van der Waals surface area contributed by atoms with Crippen LogP contribution in [0.5, 0.6) is 5.75 Å². The second kappa shape index (κ2) is 5.80. The van der Waals surface area contributed by atoms with Crippen molar-refractivity contribution in [3.8, 4) is 5.75 Å². The Hall–Kier alpha value is -1.84. The van der Waals surface area contributed by atoms with Crippen molar-refractivity contribution >= 4 is 12.0 Å². The van der Waals surface area contributed by atoms with Gasteiger partial charge in [0.1, 0.15) is 11.4 Å². The van der Waals surface area contributed by atoms with Gasteiger partial charge in [-0.05, 0) is 25.1 Å². The molecule has 0 bridgehead atoms. The van der Waals surface area contributed by atoms with Crippen LogP contribution in [0.3, 0.4) is 0 Å². The Balaban J connectivity index is 2.52. The molecular weight excluding hydrogens is 194 g/mol. The van der Waals surface area contributed by atoms with Crippen molar-refractivity contribution in [3.63, 3.8) is 0 Å². The number of pyridine rings is 1. The molecule has 4 heteroatoms. The fourth-order valence-corrected chi connectivity index (χ4v) is 1.02. The molecule has 0 atom stereocenters. The van der Waals surface area contributed by atoms with Gasteiger partial charge in [-0.25, -0.2) is 0 Å². The first-order valence-corrected chi connectivity index (χ1v) is 4.70. The first-order chi connectivity index (χ1) is 7.24. The van der Waals surface area contributed by atoms with Crippen LogP contribution in [0.4, 0.5) is 0 Å². The SMILES string of the molecule is CCOC(=O)CC=Cc1ncccc1O. The topological polar surface area (TPSA) is 59.4 Å². The number of carbonyl (C=O) groups excluding carboxylic acids is 1. The maximum atomic E-state index is 11.0. The second-order valence-electron chi connectivity index (χ2n) is 2.82. The number of hydrogen-bond acceptors (Lipinski definition) is 4. The molecular formula is C11H13NO3. The number of ether oxygens (including phenoxy) is 1. The van der Waals surface area contributed by atoms with Crippen molar-refractivity contribution in [2.24, 2.45) is 0 Å². The molecule has 0 aromatic carbocycles. The van der Waals surface area contributed by atoms with Crippen LogP contribution < -0.4 is 0 Å². The molecule has 1 heterocycles. The zero-order chi connectivity index (χ0) is 11.1. The van der Waals surface area contributed by atoms with Crippen LogP contribution in [-0.4, -0.2) is 22.7 Å². The van der Waals surface area contributed by atoms with Crippen LogP contribution in [0.2, 0.25) is 0 Å². The van der Waals surface area contributed by atoms with E-state index in [4.69, 9.17) is 4.74 Å². The van der Waals surface area contributed by atoms with Crippen molar-refractivity contribution < 1.29 is 14.6 Å². The lowest BCUT2D eigenvalue weighted by atomic mass is 10.3. The zero-order valence-electron chi connectivity index (χ0n) is 8.51. The van der Waals surface area contributed by atoms with Crippen LogP contribution in [0.15, 0.2) is 24.4 Å². The third kappa shape index (κ3) is 3.81. The van der Waals surface area contributed by atoms with Crippen LogP contribution in [0.1, 0.15) is 19.0 Å². The summed E-state index contributed by atoms with van der Waals surface area (Å²) in [6.07, 6.45) is 4.96. The fraction of sp³-hybridized carbons (Fsp3) is 0.273. The minimum Gasteiger partial charge on any atom is -0.506 e. The molecule has 15 heavy (non-hydrogen) atoms. The number of rotatable bonds is 4. The van der Waals surface area contributed by atoms with Gasteiger partial charge in [-0.1, -0.05) is 6.08 Å². The van der Waals surface area contributed by atoms with Crippen molar-refractivity contribution in [1.29, 1.82) is 0 Å². The Labute approximate surface area is 88.2 Å². The average Bonchev–Trinajstić information content (AvgIpc) is 2.21. The maximum absolute atomic E-state index is 11.0. The van der Waals surface area contributed by atoms with Gasteiger partial charge in [-0.2, -0.15) is 0 Å². The van der Waals surface area contributed by atoms with E-state index in [1.807, 2.05) is 0 Å². The normalized spacial score (nSPS) is 10.5. The summed E-state index contributed by atoms with van der Waals surface area (Å²) >= 11 is 0. The molecule has 0 amide bonds. The van der Waals surface area contributed by atoms with Gasteiger partial charge in [0.05, 0.1) is 13.0 Å². The van der Waals surface area contributed by atoms with Gasteiger partial charge in [0.2, 0.25) is 0 Å². The Morgan fingerprint density at radius 3 is 3.13 bits per heavy atom. The summed E-state index contributed by atoms with van der Waals surface area (Å²) in [6, 6.07) is 3.18. The Kier molecular flexibility index (Phi) is 4.34. The maximum Gasteiger partial charge on any atom is 0.309 e. The molecule has 0 fully saturated rings. The molecule has 4 nitrogen and oxygen atoms in total. The molecule has 0 unspecified atom stereocenters. The van der Waals surface area contributed by atoms with Gasteiger partial charge in [0.25, 0.3) is 0 Å². The molecule has 1 N–H and O–H groups in total. The van der Waals surface area contributed by atoms with Crippen molar-refractivity contribution in [2.45, 2.75) is 13.3 Å². The predicted octanol–water partition coefficient (Wildman–Crippen LogP) is 1.75. The predicted molar refractivity (Wildman–Crippen MR) is 56.2 cm³/mol. The molecule has 0 aliphatic carbocycles. The highest BCUT2D eigenvalue weighted by Crippen LogP contribution is 2.14. The summed E-state index contributed by atoms with van der Waals surface area (Å²) in [4.78, 5) is 14.9. The van der Waals surface area contributed by atoms with Crippen LogP contribution in [0.25, 0.3) is 6.08 Å². The van der Waals surface area contributed by atoms with E-state index in [9.17, 15) is 9.90 Å². The lowest BCUT2D eigenvalue weighted by molar-refractivity contribution is -0.142. The van der Waals surface area contributed by atoms with Crippen LogP contribution in [0, 0.1) is 0 Å². The first-order valence-electron chi connectivity index (χ1n) is 4.70. The van der Waals surface area contributed by atoms with Crippen LogP contribution in [-0.2, 0) is 9.53 Å². The van der Waals surface area contributed by atoms with Crippen LogP contribution >= 0.6 is 0 Å². The van der Waals surface area contributed by atoms with Gasteiger partial charge < -0.3 is 9.84 Å². The van der Waals surface area contributed by atoms with Gasteiger partial charge in [-0.15, -0.1) is 0 Å². The molecule has 0 aliphatic heterocycles. The average molecular weight is 207 g/mol. The smallest absolute Gasteiger partial charge is 0.309 e. The molecule has 1 aromatic rings. The van der Waals surface area contributed by atoms with E-state index >= 15 is 0 Å². The summed E-state index contributed by atoms with van der Waals surface area (Å²) in [6.45, 7) is 2.13. The van der Waals surface area contributed by atoms with E-state index in [2.05, 4.69) is 4.98 Å². The first kappa shape index (κ1) is 11.2. The fourth-order valence-electron chi connectivity index (χ4n) is 1.02. The van der Waals surface area contributed by atoms with E-state index in [0.29, 0.717) is 12.3 Å². The zero-order valence-corrected chi connectivity index (χ0v) is 8.51. The van der Waals surface area contributed by atoms with Gasteiger partial charge in [-0.3, -0.25) is 9.78 Å². The quantitative estimate of drug-likeness (QED) is 0.764. The molecule has 1 rings (SSSR count). The minimum absolute atomic E-state index is 0.0950. The van der Waals surface area contributed by atoms with E-state index in [0.717, 1.165) is 0 Å². The lowest BCUT2D eigenvalue weighted by Gasteiger charge is -1.97. The number of aromatic nitrogens is 1. The van der Waals surface area contributed by atoms with Crippen molar-refractivity contribution in [1.82, 2.24) is 4.98 Å². The summed E-state index contributed by atoms with van der Waals surface area (Å²) in [5.41, 5.74) is 0.446. The van der Waals surface area contributed by atoms with Gasteiger partial charge in [0, 0.05) is 6.20 Å². The van der Waals surface area contributed by atoms with E-state index in [1.165, 1.54) is 6.07 Å². The number of hydrogen-bond donors (Lipinski definition) is 1. The highest BCUT2D eigenvalue weighted by atomic mass is 16.5. The summed E-state index contributed by atoms with van der Waals surface area (Å²) < 4.78 is 4.74. The largest absolute Gasteiger partial charge is 0.506 e. The highest BCUT2D eigenvalue weighted by molar-refractivity contribution is 5.72. The molecule has 0 saturated carbocycles. The summed E-state index contributed by atoms with van der Waals surface area (Å²) in [5.74, 6) is -0.193. The molecule has 0 aliphatic rings. The van der Waals surface area contributed by atoms with Gasteiger partial charge in [0.15, 0.2) is 0 Å². The van der Waals surface area contributed by atoms with E-state index in [1.54, 1.807) is 31.3 Å². The van der Waals surface area contributed by atoms with Gasteiger partial charge >= 0.3 is 5.97 Å². The van der Waals surface area contributed by atoms with E-state index in [-0.39, 0.29) is 18.1 Å². The van der Waals surface area contributed by atoms with Crippen molar-refractivity contribution in [3.05, 3.63) is 30.1 Å². The molecule has 0 saturated heterocycles. The minimum atomic E-state index is -0.288. The third-order valence-corrected chi connectivity index (χ3v) is 1.68. The second-order valence-corrected chi connectivity index (χ2v) is 2.82. The lowest BCUT2D eigenvalue weighted by Crippen LogP contribution is -2.01. The highest BCUT2D eigenvalue weighted by Gasteiger charge is 1.98. The summed E-state index contributed by atoms with van der Waals surface area (Å²) in [7, 11) is 0. The molecule has 0 spiro atoms. The Morgan fingerprint density at radius 1 is 1.67 bits per heavy atom. The molecule has 80 valence electrons. The summed E-state index contributed by atoms with van der Waals surface area (Å²) in [5, 5.41) is 9.35. The Morgan fingerprint density at radius 2 is 2.47 bits per heavy atom. The van der Waals surface area contributed by atoms with E-state index < -0.39 is 0 Å². The molecule has 1 aromatic heterocycles. The number of esters is 1. The monoisotopic (exact) mass is 207 g/mol. The number of aromatic hydroxyl groups is 1. The Bertz CT molecular complexity index is 361.